The molecule has 1 aromatic heterocycles. The molecule has 0 aliphatic carbocycles. The van der Waals surface area contributed by atoms with E-state index in [9.17, 15) is 14.7 Å². The SMILES string of the molecule is CCOc1ccc(N=C(SCc2ccc(Cl)cc2)c2c(O)n(C)c(=O)n(C)c2=O)cc1. The van der Waals surface area contributed by atoms with Gasteiger partial charge in [0.2, 0.25) is 5.88 Å². The minimum atomic E-state index is -0.617. The minimum absolute atomic E-state index is 0.0301. The van der Waals surface area contributed by atoms with E-state index in [1.165, 1.54) is 25.9 Å². The van der Waals surface area contributed by atoms with Gasteiger partial charge < -0.3 is 9.84 Å². The standard InChI is InChI=1S/C22H22ClN3O4S/c1-4-30-17-11-9-16(10-12-17)24-19(31-13-14-5-7-15(23)8-6-14)18-20(27)25(2)22(29)26(3)21(18)28/h5-12,27H,4,13H2,1-3H3. The molecule has 0 unspecified atom stereocenters. The van der Waals surface area contributed by atoms with E-state index in [1.807, 2.05) is 19.1 Å². The first-order chi connectivity index (χ1) is 14.8. The van der Waals surface area contributed by atoms with Crippen molar-refractivity contribution in [2.45, 2.75) is 12.7 Å². The van der Waals surface area contributed by atoms with Crippen molar-refractivity contribution in [1.82, 2.24) is 9.13 Å². The van der Waals surface area contributed by atoms with Crippen molar-refractivity contribution in [3.05, 3.63) is 85.5 Å². The van der Waals surface area contributed by atoms with Gasteiger partial charge in [-0.15, -0.1) is 11.8 Å². The molecule has 3 rings (SSSR count). The summed E-state index contributed by atoms with van der Waals surface area (Å²) in [6.45, 7) is 2.45. The fourth-order valence-corrected chi connectivity index (χ4v) is 3.93. The fraction of sp³-hybridized carbons (Fsp3) is 0.227. The molecule has 0 saturated carbocycles. The summed E-state index contributed by atoms with van der Waals surface area (Å²) in [7, 11) is 2.77. The Balaban J connectivity index is 2.07. The van der Waals surface area contributed by atoms with Gasteiger partial charge in [0.1, 0.15) is 16.4 Å². The van der Waals surface area contributed by atoms with E-state index in [0.29, 0.717) is 33.9 Å². The van der Waals surface area contributed by atoms with Crippen LogP contribution >= 0.6 is 23.4 Å². The molecule has 0 saturated heterocycles. The Bertz CT molecular complexity index is 1220. The maximum atomic E-state index is 12.8. The number of rotatable bonds is 6. The van der Waals surface area contributed by atoms with E-state index < -0.39 is 17.1 Å². The van der Waals surface area contributed by atoms with Crippen molar-refractivity contribution in [3.8, 4) is 11.6 Å². The van der Waals surface area contributed by atoms with Crippen LogP contribution in [0.5, 0.6) is 11.6 Å². The summed E-state index contributed by atoms with van der Waals surface area (Å²) in [4.78, 5) is 29.6. The van der Waals surface area contributed by atoms with Crippen LogP contribution in [-0.2, 0) is 19.8 Å². The number of halogens is 1. The van der Waals surface area contributed by atoms with E-state index in [4.69, 9.17) is 16.3 Å². The summed E-state index contributed by atoms with van der Waals surface area (Å²) in [5.41, 5.74) is 0.285. The van der Waals surface area contributed by atoms with E-state index in [0.717, 1.165) is 14.7 Å². The number of thioether (sulfide) groups is 1. The molecule has 9 heteroatoms. The first-order valence-corrected chi connectivity index (χ1v) is 10.9. The first kappa shape index (κ1) is 22.7. The summed E-state index contributed by atoms with van der Waals surface area (Å²) in [6.07, 6.45) is 0. The lowest BCUT2D eigenvalue weighted by molar-refractivity contribution is 0.340. The zero-order valence-electron chi connectivity index (χ0n) is 17.3. The Morgan fingerprint density at radius 3 is 2.32 bits per heavy atom. The maximum absolute atomic E-state index is 12.8. The lowest BCUT2D eigenvalue weighted by atomic mass is 10.2. The summed E-state index contributed by atoms with van der Waals surface area (Å²) >= 11 is 7.24. The number of aliphatic imine (C=N–C) groups is 1. The molecule has 0 fully saturated rings. The zero-order valence-corrected chi connectivity index (χ0v) is 18.9. The lowest BCUT2D eigenvalue weighted by Crippen LogP contribution is -2.39. The van der Waals surface area contributed by atoms with Crippen molar-refractivity contribution in [3.63, 3.8) is 0 Å². The molecule has 3 aromatic rings. The van der Waals surface area contributed by atoms with Gasteiger partial charge in [-0.3, -0.25) is 13.9 Å². The molecule has 0 spiro atoms. The van der Waals surface area contributed by atoms with Gasteiger partial charge in [-0.05, 0) is 48.9 Å². The van der Waals surface area contributed by atoms with Crippen LogP contribution < -0.4 is 16.0 Å². The molecular weight excluding hydrogens is 438 g/mol. The van der Waals surface area contributed by atoms with Gasteiger partial charge in [0.05, 0.1) is 12.3 Å². The van der Waals surface area contributed by atoms with Gasteiger partial charge in [-0.1, -0.05) is 23.7 Å². The van der Waals surface area contributed by atoms with Gasteiger partial charge in [0, 0.05) is 24.9 Å². The van der Waals surface area contributed by atoms with Gasteiger partial charge >= 0.3 is 5.69 Å². The molecule has 1 heterocycles. The molecule has 0 radical (unpaired) electrons. The normalized spacial score (nSPS) is 11.5. The largest absolute Gasteiger partial charge is 0.494 e. The van der Waals surface area contributed by atoms with E-state index >= 15 is 0 Å². The van der Waals surface area contributed by atoms with Crippen molar-refractivity contribution in [2.75, 3.05) is 6.61 Å². The van der Waals surface area contributed by atoms with Crippen LogP contribution in [0.1, 0.15) is 18.1 Å². The smallest absolute Gasteiger partial charge is 0.333 e. The number of aromatic nitrogens is 2. The summed E-state index contributed by atoms with van der Waals surface area (Å²) < 4.78 is 7.42. The maximum Gasteiger partial charge on any atom is 0.333 e. The second-order valence-electron chi connectivity index (χ2n) is 6.66. The Morgan fingerprint density at radius 2 is 1.71 bits per heavy atom. The molecule has 0 bridgehead atoms. The topological polar surface area (TPSA) is 85.8 Å². The van der Waals surface area contributed by atoms with Crippen LogP contribution in [0.4, 0.5) is 5.69 Å². The van der Waals surface area contributed by atoms with Crippen molar-refractivity contribution in [2.24, 2.45) is 19.1 Å². The van der Waals surface area contributed by atoms with Gasteiger partial charge in [0.25, 0.3) is 5.56 Å². The molecule has 162 valence electrons. The Labute approximate surface area is 188 Å². The van der Waals surface area contributed by atoms with Crippen LogP contribution in [0.2, 0.25) is 5.02 Å². The number of hydrogen-bond acceptors (Lipinski definition) is 6. The minimum Gasteiger partial charge on any atom is -0.494 e. The highest BCUT2D eigenvalue weighted by Gasteiger charge is 2.21. The van der Waals surface area contributed by atoms with Crippen LogP contribution in [0.25, 0.3) is 0 Å². The second-order valence-corrected chi connectivity index (χ2v) is 8.06. The van der Waals surface area contributed by atoms with Crippen LogP contribution in [0.15, 0.2) is 63.1 Å². The van der Waals surface area contributed by atoms with Crippen LogP contribution in [0.3, 0.4) is 0 Å². The van der Waals surface area contributed by atoms with E-state index in [2.05, 4.69) is 4.99 Å². The van der Waals surface area contributed by atoms with Gasteiger partial charge in [-0.2, -0.15) is 0 Å². The van der Waals surface area contributed by atoms with Gasteiger partial charge in [0.15, 0.2) is 0 Å². The molecule has 0 aliphatic rings. The Hall–Kier alpha value is -2.97. The summed E-state index contributed by atoms with van der Waals surface area (Å²) in [5, 5.41) is 11.5. The van der Waals surface area contributed by atoms with Crippen LogP contribution in [-0.4, -0.2) is 25.9 Å². The highest BCUT2D eigenvalue weighted by Crippen LogP contribution is 2.27. The average Bonchev–Trinajstić information content (AvgIpc) is 2.77. The summed E-state index contributed by atoms with van der Waals surface area (Å²) in [6, 6.07) is 14.4. The molecule has 1 N–H and O–H groups in total. The second kappa shape index (κ2) is 9.89. The van der Waals surface area contributed by atoms with E-state index in [1.54, 1.807) is 36.4 Å². The highest BCUT2D eigenvalue weighted by atomic mass is 35.5. The average molecular weight is 460 g/mol. The Morgan fingerprint density at radius 1 is 1.06 bits per heavy atom. The molecule has 0 aliphatic heterocycles. The quantitative estimate of drug-likeness (QED) is 0.447. The predicted octanol–water partition coefficient (Wildman–Crippen LogP) is 3.85. The number of hydrogen-bond donors (Lipinski definition) is 1. The van der Waals surface area contributed by atoms with Crippen molar-refractivity contribution < 1.29 is 9.84 Å². The van der Waals surface area contributed by atoms with E-state index in [-0.39, 0.29) is 5.56 Å². The third kappa shape index (κ3) is 5.21. The number of benzene rings is 2. The molecule has 7 nitrogen and oxygen atoms in total. The third-order valence-corrected chi connectivity index (χ3v) is 5.81. The molecule has 31 heavy (non-hydrogen) atoms. The van der Waals surface area contributed by atoms with Gasteiger partial charge in [-0.25, -0.2) is 9.79 Å². The number of ether oxygens (including phenoxy) is 1. The zero-order chi connectivity index (χ0) is 22.5. The third-order valence-electron chi connectivity index (χ3n) is 4.51. The number of aromatic hydroxyl groups is 1. The molecule has 0 atom stereocenters. The molecule has 0 amide bonds. The highest BCUT2D eigenvalue weighted by molar-refractivity contribution is 8.13. The Kier molecular flexibility index (Phi) is 7.25. The van der Waals surface area contributed by atoms with Crippen molar-refractivity contribution in [1.29, 1.82) is 0 Å². The monoisotopic (exact) mass is 459 g/mol. The van der Waals surface area contributed by atoms with Crippen LogP contribution in [0, 0.1) is 0 Å². The number of nitrogens with zero attached hydrogens (tertiary/aromatic N) is 3. The summed E-state index contributed by atoms with van der Waals surface area (Å²) in [5.74, 6) is 0.762. The fourth-order valence-electron chi connectivity index (χ4n) is 2.81. The first-order valence-electron chi connectivity index (χ1n) is 9.50. The molecule has 2 aromatic carbocycles. The lowest BCUT2D eigenvalue weighted by Gasteiger charge is -2.13. The predicted molar refractivity (Wildman–Crippen MR) is 125 cm³/mol. The molecular formula is C22H22ClN3O4S. The van der Waals surface area contributed by atoms with Crippen molar-refractivity contribution >= 4 is 34.1 Å².